The van der Waals surface area contributed by atoms with Crippen molar-refractivity contribution in [3.05, 3.63) is 60.2 Å². The summed E-state index contributed by atoms with van der Waals surface area (Å²) >= 11 is 0. The second-order valence-electron chi connectivity index (χ2n) is 4.99. The van der Waals surface area contributed by atoms with Gasteiger partial charge in [-0.1, -0.05) is 42.5 Å². The Hall–Kier alpha value is -2.00. The van der Waals surface area contributed by atoms with Crippen molar-refractivity contribution < 1.29 is 14.2 Å². The summed E-state index contributed by atoms with van der Waals surface area (Å²) in [7, 11) is 0. The van der Waals surface area contributed by atoms with Gasteiger partial charge in [-0.25, -0.2) is 0 Å². The van der Waals surface area contributed by atoms with Crippen LogP contribution in [-0.4, -0.2) is 19.3 Å². The van der Waals surface area contributed by atoms with E-state index < -0.39 is 0 Å². The molecule has 0 aliphatic carbocycles. The summed E-state index contributed by atoms with van der Waals surface area (Å²) in [6.07, 6.45) is 0.221. The van der Waals surface area contributed by atoms with Gasteiger partial charge in [0.15, 0.2) is 11.5 Å². The van der Waals surface area contributed by atoms with Gasteiger partial charge in [0.1, 0.15) is 13.2 Å². The zero-order chi connectivity index (χ0) is 14.9. The Morgan fingerprint density at radius 3 is 2.05 bits per heavy atom. The van der Waals surface area contributed by atoms with Gasteiger partial charge in [0.05, 0.1) is 12.7 Å². The van der Waals surface area contributed by atoms with Gasteiger partial charge in [-0.15, -0.1) is 0 Å². The predicted molar refractivity (Wildman–Crippen MR) is 83.8 cm³/mol. The van der Waals surface area contributed by atoms with E-state index in [2.05, 4.69) is 0 Å². The van der Waals surface area contributed by atoms with E-state index in [1.165, 1.54) is 0 Å². The van der Waals surface area contributed by atoms with Crippen LogP contribution in [0.1, 0.15) is 19.4 Å². The number of ether oxygens (including phenoxy) is 3. The predicted octanol–water partition coefficient (Wildman–Crippen LogP) is 4.07. The fourth-order valence-electron chi connectivity index (χ4n) is 1.86. The highest BCUT2D eigenvalue weighted by atomic mass is 16.5. The fraction of sp³-hybridized carbons (Fsp3) is 0.333. The Labute approximate surface area is 126 Å². The monoisotopic (exact) mass is 286 g/mol. The van der Waals surface area contributed by atoms with Gasteiger partial charge in [0, 0.05) is 0 Å². The molecule has 0 fully saturated rings. The van der Waals surface area contributed by atoms with Crippen LogP contribution in [0.4, 0.5) is 0 Å². The Bertz CT molecular complexity index is 523. The van der Waals surface area contributed by atoms with Crippen molar-refractivity contribution in [2.45, 2.75) is 26.6 Å². The lowest BCUT2D eigenvalue weighted by Gasteiger charge is -2.13. The molecule has 0 aromatic heterocycles. The molecule has 0 saturated heterocycles. The lowest BCUT2D eigenvalue weighted by atomic mass is 10.2. The number of hydrogen-bond donors (Lipinski definition) is 0. The van der Waals surface area contributed by atoms with E-state index in [1.54, 1.807) is 0 Å². The average Bonchev–Trinajstić information content (AvgIpc) is 2.51. The molecule has 0 aliphatic rings. The van der Waals surface area contributed by atoms with Crippen LogP contribution < -0.4 is 9.47 Å². The van der Waals surface area contributed by atoms with E-state index in [0.717, 1.165) is 17.1 Å². The van der Waals surface area contributed by atoms with Crippen molar-refractivity contribution >= 4 is 0 Å². The van der Waals surface area contributed by atoms with E-state index >= 15 is 0 Å². The summed E-state index contributed by atoms with van der Waals surface area (Å²) in [6, 6.07) is 17.8. The highest BCUT2D eigenvalue weighted by Gasteiger charge is 2.04. The molecule has 0 unspecified atom stereocenters. The van der Waals surface area contributed by atoms with Crippen LogP contribution in [0.25, 0.3) is 0 Å². The maximum atomic E-state index is 5.84. The van der Waals surface area contributed by atoms with Crippen LogP contribution in [0.2, 0.25) is 0 Å². The molecule has 2 aromatic carbocycles. The third-order valence-corrected chi connectivity index (χ3v) is 2.88. The molecule has 0 amide bonds. The molecule has 0 N–H and O–H groups in total. The third kappa shape index (κ3) is 5.48. The van der Waals surface area contributed by atoms with Crippen LogP contribution >= 0.6 is 0 Å². The average molecular weight is 286 g/mol. The highest BCUT2D eigenvalue weighted by molar-refractivity contribution is 5.39. The largest absolute Gasteiger partial charge is 0.487 e. The quantitative estimate of drug-likeness (QED) is 0.685. The second kappa shape index (κ2) is 8.32. The Kier molecular flexibility index (Phi) is 6.10. The summed E-state index contributed by atoms with van der Waals surface area (Å²) in [5, 5.41) is 0. The normalized spacial score (nSPS) is 10.6. The van der Waals surface area contributed by atoms with Crippen LogP contribution in [0, 0.1) is 0 Å². The summed E-state index contributed by atoms with van der Waals surface area (Å²) in [5.41, 5.74) is 1.13. The first-order chi connectivity index (χ1) is 10.3. The molecule has 0 aliphatic heterocycles. The van der Waals surface area contributed by atoms with Crippen molar-refractivity contribution in [3.8, 4) is 11.5 Å². The van der Waals surface area contributed by atoms with Crippen molar-refractivity contribution in [1.82, 2.24) is 0 Å². The van der Waals surface area contributed by atoms with Crippen molar-refractivity contribution in [2.24, 2.45) is 0 Å². The first kappa shape index (κ1) is 15.4. The van der Waals surface area contributed by atoms with Gasteiger partial charge in [-0.2, -0.15) is 0 Å². The molecule has 2 rings (SSSR count). The van der Waals surface area contributed by atoms with E-state index in [4.69, 9.17) is 14.2 Å². The SMILES string of the molecule is CC(C)OCCOc1ccccc1OCc1ccccc1. The van der Waals surface area contributed by atoms with Crippen molar-refractivity contribution in [1.29, 1.82) is 0 Å². The molecule has 3 heteroatoms. The smallest absolute Gasteiger partial charge is 0.161 e. The number of benzene rings is 2. The molecule has 21 heavy (non-hydrogen) atoms. The number of rotatable bonds is 8. The van der Waals surface area contributed by atoms with Gasteiger partial charge < -0.3 is 14.2 Å². The molecule has 0 spiro atoms. The van der Waals surface area contributed by atoms with E-state index in [9.17, 15) is 0 Å². The summed E-state index contributed by atoms with van der Waals surface area (Å²) in [6.45, 7) is 5.64. The Balaban J connectivity index is 1.87. The Morgan fingerprint density at radius 2 is 1.38 bits per heavy atom. The lowest BCUT2D eigenvalue weighted by molar-refractivity contribution is 0.0544. The fourth-order valence-corrected chi connectivity index (χ4v) is 1.86. The van der Waals surface area contributed by atoms with E-state index in [-0.39, 0.29) is 6.10 Å². The van der Waals surface area contributed by atoms with Gasteiger partial charge in [0.25, 0.3) is 0 Å². The van der Waals surface area contributed by atoms with Gasteiger partial charge in [-0.3, -0.25) is 0 Å². The third-order valence-electron chi connectivity index (χ3n) is 2.88. The minimum Gasteiger partial charge on any atom is -0.487 e. The van der Waals surface area contributed by atoms with Gasteiger partial charge >= 0.3 is 0 Å². The summed E-state index contributed by atoms with van der Waals surface area (Å²) in [5.74, 6) is 1.51. The minimum absolute atomic E-state index is 0.221. The second-order valence-corrected chi connectivity index (χ2v) is 4.99. The van der Waals surface area contributed by atoms with Gasteiger partial charge in [0.2, 0.25) is 0 Å². The van der Waals surface area contributed by atoms with E-state index in [1.807, 2.05) is 68.4 Å². The van der Waals surface area contributed by atoms with Gasteiger partial charge in [-0.05, 0) is 31.5 Å². The molecular weight excluding hydrogens is 264 g/mol. The zero-order valence-corrected chi connectivity index (χ0v) is 12.6. The standard InChI is InChI=1S/C18H22O3/c1-15(2)19-12-13-20-17-10-6-7-11-18(17)21-14-16-8-4-3-5-9-16/h3-11,15H,12-14H2,1-2H3. The maximum absolute atomic E-state index is 5.84. The molecule has 0 heterocycles. The molecule has 0 saturated carbocycles. The summed E-state index contributed by atoms with van der Waals surface area (Å²) < 4.78 is 17.0. The first-order valence-corrected chi connectivity index (χ1v) is 7.26. The van der Waals surface area contributed by atoms with Crippen LogP contribution in [0.15, 0.2) is 54.6 Å². The van der Waals surface area contributed by atoms with Crippen LogP contribution in [-0.2, 0) is 11.3 Å². The first-order valence-electron chi connectivity index (χ1n) is 7.26. The number of hydrogen-bond acceptors (Lipinski definition) is 3. The van der Waals surface area contributed by atoms with Crippen LogP contribution in [0.5, 0.6) is 11.5 Å². The maximum Gasteiger partial charge on any atom is 0.161 e. The van der Waals surface area contributed by atoms with Crippen molar-refractivity contribution in [3.63, 3.8) is 0 Å². The summed E-state index contributed by atoms with van der Waals surface area (Å²) in [4.78, 5) is 0. The molecule has 112 valence electrons. The van der Waals surface area contributed by atoms with Crippen LogP contribution in [0.3, 0.4) is 0 Å². The molecular formula is C18H22O3. The zero-order valence-electron chi connectivity index (χ0n) is 12.6. The topological polar surface area (TPSA) is 27.7 Å². The molecule has 0 radical (unpaired) electrons. The lowest BCUT2D eigenvalue weighted by Crippen LogP contribution is -2.11. The molecule has 2 aromatic rings. The van der Waals surface area contributed by atoms with E-state index in [0.29, 0.717) is 19.8 Å². The molecule has 3 nitrogen and oxygen atoms in total. The highest BCUT2D eigenvalue weighted by Crippen LogP contribution is 2.27. The number of para-hydroxylation sites is 2. The Morgan fingerprint density at radius 1 is 0.762 bits per heavy atom. The van der Waals surface area contributed by atoms with Crippen molar-refractivity contribution in [2.75, 3.05) is 13.2 Å². The molecule has 0 atom stereocenters. The molecule has 0 bridgehead atoms. The minimum atomic E-state index is 0.221.